The molecule has 0 aliphatic carbocycles. The van der Waals surface area contributed by atoms with Crippen LogP contribution >= 0.6 is 0 Å². The Labute approximate surface area is 454 Å². The molecule has 370 valence electrons. The molecule has 0 radical (unpaired) electrons. The van der Waals surface area contributed by atoms with Gasteiger partial charge in [0.25, 0.3) is 0 Å². The van der Waals surface area contributed by atoms with Crippen molar-refractivity contribution in [2.75, 3.05) is 0 Å². The Hall–Kier alpha value is -11.0. The van der Waals surface area contributed by atoms with E-state index in [4.69, 9.17) is 49.8 Å². The molecule has 79 heavy (non-hydrogen) atoms. The van der Waals surface area contributed by atoms with Crippen molar-refractivity contribution in [3.8, 4) is 119 Å². The van der Waals surface area contributed by atoms with Crippen LogP contribution in [0, 0.1) is 0 Å². The van der Waals surface area contributed by atoms with Crippen molar-refractivity contribution in [2.45, 2.75) is 0 Å². The summed E-state index contributed by atoms with van der Waals surface area (Å²) in [4.78, 5) is 50.9. The maximum Gasteiger partial charge on any atom is 0.166 e. The van der Waals surface area contributed by atoms with Crippen molar-refractivity contribution < 1.29 is 0 Å². The standard InChI is InChI=1S/C68H43N11/c1-7-21-44(22-8-1)60-70-61(45-23-9-2-10-24-45)74-66(73-60)50-35-37-58(54(41-50)52-39-40-69-43-56(52)68-77-64(48-29-15-5-16-30-48)72-65(78-68)49-31-17-6-18-32-49)79-57-34-20-19-33-53(57)55-42-51(36-38-59(55)79)67-75-62(46-25-11-3-12-26-46)71-63(76-67)47-27-13-4-14-28-47/h1-43H. The highest BCUT2D eigenvalue weighted by atomic mass is 15.1. The molecule has 0 amide bonds. The summed E-state index contributed by atoms with van der Waals surface area (Å²) >= 11 is 0. The van der Waals surface area contributed by atoms with Crippen molar-refractivity contribution in [3.63, 3.8) is 0 Å². The molecule has 5 aromatic heterocycles. The zero-order valence-electron chi connectivity index (χ0n) is 42.2. The number of fused-ring (bicyclic) bond motifs is 3. The van der Waals surface area contributed by atoms with Gasteiger partial charge in [-0.1, -0.05) is 200 Å². The molecular formula is C68H43N11. The van der Waals surface area contributed by atoms with Gasteiger partial charge in [-0.3, -0.25) is 4.98 Å². The van der Waals surface area contributed by atoms with Gasteiger partial charge in [0, 0.05) is 78.8 Å². The third-order valence-electron chi connectivity index (χ3n) is 13.9. The molecule has 9 aromatic carbocycles. The Kier molecular flexibility index (Phi) is 11.9. The second-order valence-electron chi connectivity index (χ2n) is 18.9. The molecule has 0 spiro atoms. The second-order valence-corrected chi connectivity index (χ2v) is 18.9. The van der Waals surface area contributed by atoms with Crippen LogP contribution in [-0.2, 0) is 0 Å². The van der Waals surface area contributed by atoms with E-state index in [1.807, 2.05) is 200 Å². The van der Waals surface area contributed by atoms with E-state index in [-0.39, 0.29) is 0 Å². The molecule has 11 nitrogen and oxygen atoms in total. The van der Waals surface area contributed by atoms with Gasteiger partial charge in [-0.25, -0.2) is 44.9 Å². The zero-order valence-corrected chi connectivity index (χ0v) is 42.2. The van der Waals surface area contributed by atoms with E-state index in [1.54, 1.807) is 0 Å². The number of para-hydroxylation sites is 1. The summed E-state index contributed by atoms with van der Waals surface area (Å²) in [7, 11) is 0. The molecule has 0 unspecified atom stereocenters. The van der Waals surface area contributed by atoms with E-state index >= 15 is 0 Å². The Balaban J connectivity index is 1.01. The highest BCUT2D eigenvalue weighted by Gasteiger charge is 2.24. The summed E-state index contributed by atoms with van der Waals surface area (Å²) in [6.07, 6.45) is 3.66. The number of benzene rings is 9. The van der Waals surface area contributed by atoms with Gasteiger partial charge in [-0.05, 0) is 54.1 Å². The molecular weight excluding hydrogens is 971 g/mol. The van der Waals surface area contributed by atoms with Crippen LogP contribution in [0.15, 0.2) is 261 Å². The normalized spacial score (nSPS) is 11.3. The summed E-state index contributed by atoms with van der Waals surface area (Å²) in [6.45, 7) is 0. The van der Waals surface area contributed by atoms with Gasteiger partial charge in [0.05, 0.1) is 16.7 Å². The second kappa shape index (κ2) is 20.2. The van der Waals surface area contributed by atoms with Crippen molar-refractivity contribution in [3.05, 3.63) is 261 Å². The first-order valence-electron chi connectivity index (χ1n) is 25.9. The van der Waals surface area contributed by atoms with Crippen LogP contribution in [0.2, 0.25) is 0 Å². The summed E-state index contributed by atoms with van der Waals surface area (Å²) < 4.78 is 2.33. The lowest BCUT2D eigenvalue weighted by atomic mass is 9.96. The predicted octanol–water partition coefficient (Wildman–Crippen LogP) is 15.4. The predicted molar refractivity (Wildman–Crippen MR) is 313 cm³/mol. The van der Waals surface area contributed by atoms with Crippen molar-refractivity contribution >= 4 is 21.8 Å². The van der Waals surface area contributed by atoms with Crippen LogP contribution in [0.25, 0.3) is 141 Å². The van der Waals surface area contributed by atoms with Crippen molar-refractivity contribution in [2.24, 2.45) is 0 Å². The van der Waals surface area contributed by atoms with Gasteiger partial charge < -0.3 is 4.57 Å². The largest absolute Gasteiger partial charge is 0.309 e. The highest BCUT2D eigenvalue weighted by Crippen LogP contribution is 2.42. The molecule has 0 aliphatic heterocycles. The molecule has 0 saturated carbocycles. The maximum atomic E-state index is 5.22. The number of nitrogens with zero attached hydrogens (tertiary/aromatic N) is 11. The minimum atomic E-state index is 0.471. The van der Waals surface area contributed by atoms with E-state index in [1.165, 1.54) is 0 Å². The fourth-order valence-corrected chi connectivity index (χ4v) is 10.1. The summed E-state index contributed by atoms with van der Waals surface area (Å²) in [6, 6.07) is 83.5. The van der Waals surface area contributed by atoms with E-state index in [0.717, 1.165) is 83.1 Å². The minimum absolute atomic E-state index is 0.471. The summed E-state index contributed by atoms with van der Waals surface area (Å²) in [5.41, 5.74) is 12.2. The highest BCUT2D eigenvalue weighted by molar-refractivity contribution is 6.11. The molecule has 0 atom stereocenters. The van der Waals surface area contributed by atoms with E-state index in [2.05, 4.69) is 65.2 Å². The quantitative estimate of drug-likeness (QED) is 0.123. The van der Waals surface area contributed by atoms with Crippen molar-refractivity contribution in [1.29, 1.82) is 0 Å². The van der Waals surface area contributed by atoms with E-state index in [9.17, 15) is 0 Å². The first-order valence-corrected chi connectivity index (χ1v) is 25.9. The molecule has 11 heteroatoms. The van der Waals surface area contributed by atoms with E-state index in [0.29, 0.717) is 58.0 Å². The Morgan fingerprint density at radius 3 is 1.00 bits per heavy atom. The lowest BCUT2D eigenvalue weighted by Crippen LogP contribution is -2.04. The van der Waals surface area contributed by atoms with Gasteiger partial charge >= 0.3 is 0 Å². The smallest absolute Gasteiger partial charge is 0.166 e. The molecule has 14 aromatic rings. The Morgan fingerprint density at radius 2 is 0.570 bits per heavy atom. The molecule has 0 bridgehead atoms. The van der Waals surface area contributed by atoms with Gasteiger partial charge in [0.1, 0.15) is 0 Å². The molecule has 0 saturated heterocycles. The number of pyridine rings is 1. The number of aromatic nitrogens is 11. The average molecular weight is 1010 g/mol. The van der Waals surface area contributed by atoms with E-state index < -0.39 is 0 Å². The van der Waals surface area contributed by atoms with Crippen molar-refractivity contribution in [1.82, 2.24) is 54.4 Å². The first kappa shape index (κ1) is 46.5. The van der Waals surface area contributed by atoms with Gasteiger partial charge in [-0.15, -0.1) is 0 Å². The van der Waals surface area contributed by atoms with Gasteiger partial charge in [0.2, 0.25) is 0 Å². The van der Waals surface area contributed by atoms with Gasteiger partial charge in [-0.2, -0.15) is 0 Å². The third-order valence-corrected chi connectivity index (χ3v) is 13.9. The molecule has 5 heterocycles. The topological polar surface area (TPSA) is 134 Å². The molecule has 0 aliphatic rings. The lowest BCUT2D eigenvalue weighted by Gasteiger charge is -2.18. The Morgan fingerprint density at radius 1 is 0.228 bits per heavy atom. The fourth-order valence-electron chi connectivity index (χ4n) is 10.1. The van der Waals surface area contributed by atoms with Crippen LogP contribution in [0.1, 0.15) is 0 Å². The number of hydrogen-bond acceptors (Lipinski definition) is 10. The summed E-state index contributed by atoms with van der Waals surface area (Å²) in [5, 5.41) is 2.08. The van der Waals surface area contributed by atoms with Crippen LogP contribution in [0.5, 0.6) is 0 Å². The van der Waals surface area contributed by atoms with Crippen LogP contribution in [0.3, 0.4) is 0 Å². The fraction of sp³-hybridized carbons (Fsp3) is 0. The van der Waals surface area contributed by atoms with Crippen LogP contribution in [-0.4, -0.2) is 54.4 Å². The number of hydrogen-bond donors (Lipinski definition) is 0. The molecule has 0 N–H and O–H groups in total. The van der Waals surface area contributed by atoms with Gasteiger partial charge in [0.15, 0.2) is 52.4 Å². The van der Waals surface area contributed by atoms with Crippen LogP contribution < -0.4 is 0 Å². The monoisotopic (exact) mass is 1010 g/mol. The third kappa shape index (κ3) is 9.02. The SMILES string of the molecule is c1ccc(-c2nc(-c3ccccc3)nc(-c3ccc(-n4c5ccccc5c5cc(-c6nc(-c7ccccc7)nc(-c7ccccc7)n6)ccc54)c(-c4ccncc4-c4nc(-c5ccccc5)nc(-c5ccccc5)n4)c3)n2)cc1. The molecule has 14 rings (SSSR count). The summed E-state index contributed by atoms with van der Waals surface area (Å²) in [5.74, 6) is 4.97. The maximum absolute atomic E-state index is 5.22. The Bertz CT molecular complexity index is 4350. The number of rotatable bonds is 11. The minimum Gasteiger partial charge on any atom is -0.309 e. The van der Waals surface area contributed by atoms with Crippen LogP contribution in [0.4, 0.5) is 0 Å². The average Bonchev–Trinajstić information content (AvgIpc) is 4.12. The lowest BCUT2D eigenvalue weighted by molar-refractivity contribution is 1.07. The molecule has 0 fully saturated rings. The zero-order chi connectivity index (χ0) is 52.5. The first-order chi connectivity index (χ1) is 39.1.